The standard InChI is InChI=1S/C17H11F4N3O2/c18-13-8-11(14-23-16(26-24-14)17(19,20)21)6-7-12(13)15(25)22-9-10-4-2-1-3-5-10/h1-8H,9H2,(H,22,25). The highest BCUT2D eigenvalue weighted by Gasteiger charge is 2.38. The van der Waals surface area contributed by atoms with Gasteiger partial charge in [0.15, 0.2) is 0 Å². The van der Waals surface area contributed by atoms with Crippen LogP contribution >= 0.6 is 0 Å². The summed E-state index contributed by atoms with van der Waals surface area (Å²) < 4.78 is 55.7. The Balaban J connectivity index is 1.75. The van der Waals surface area contributed by atoms with Crippen molar-refractivity contribution < 1.29 is 26.9 Å². The van der Waals surface area contributed by atoms with Gasteiger partial charge in [-0.3, -0.25) is 4.79 Å². The molecule has 0 spiro atoms. The van der Waals surface area contributed by atoms with Crippen LogP contribution in [0.5, 0.6) is 0 Å². The summed E-state index contributed by atoms with van der Waals surface area (Å²) in [6.07, 6.45) is -4.79. The third-order valence-electron chi connectivity index (χ3n) is 3.44. The number of amides is 1. The second-order valence-electron chi connectivity index (χ2n) is 5.28. The molecule has 0 aliphatic rings. The molecule has 9 heteroatoms. The highest BCUT2D eigenvalue weighted by molar-refractivity contribution is 5.94. The van der Waals surface area contributed by atoms with Crippen molar-refractivity contribution in [1.29, 1.82) is 0 Å². The lowest BCUT2D eigenvalue weighted by molar-refractivity contribution is -0.159. The predicted octanol–water partition coefficient (Wildman–Crippen LogP) is 3.82. The minimum atomic E-state index is -4.79. The van der Waals surface area contributed by atoms with E-state index in [1.807, 2.05) is 6.07 Å². The molecular formula is C17H11F4N3O2. The molecule has 3 aromatic rings. The summed E-state index contributed by atoms with van der Waals surface area (Å²) in [6, 6.07) is 12.3. The van der Waals surface area contributed by atoms with E-state index in [9.17, 15) is 22.4 Å². The summed E-state index contributed by atoms with van der Waals surface area (Å²) >= 11 is 0. The van der Waals surface area contributed by atoms with Gasteiger partial charge in [0, 0.05) is 12.1 Å². The van der Waals surface area contributed by atoms with Gasteiger partial charge < -0.3 is 9.84 Å². The van der Waals surface area contributed by atoms with Crippen molar-refractivity contribution in [2.45, 2.75) is 12.7 Å². The van der Waals surface area contributed by atoms with Crippen molar-refractivity contribution in [2.75, 3.05) is 0 Å². The fourth-order valence-corrected chi connectivity index (χ4v) is 2.17. The molecule has 3 rings (SSSR count). The molecule has 134 valence electrons. The zero-order valence-electron chi connectivity index (χ0n) is 13.0. The molecule has 0 bridgehead atoms. The van der Waals surface area contributed by atoms with E-state index in [-0.39, 0.29) is 17.7 Å². The van der Waals surface area contributed by atoms with Crippen LogP contribution in [0.4, 0.5) is 17.6 Å². The Labute approximate surface area is 144 Å². The topological polar surface area (TPSA) is 68.0 Å². The maximum Gasteiger partial charge on any atom is 0.471 e. The molecule has 0 atom stereocenters. The Morgan fingerprint density at radius 1 is 1.12 bits per heavy atom. The molecule has 1 amide bonds. The van der Waals surface area contributed by atoms with Crippen LogP contribution < -0.4 is 5.32 Å². The maximum atomic E-state index is 14.2. The first-order valence-electron chi connectivity index (χ1n) is 7.37. The van der Waals surface area contributed by atoms with E-state index in [1.165, 1.54) is 6.07 Å². The van der Waals surface area contributed by atoms with Gasteiger partial charge in [0.1, 0.15) is 5.82 Å². The second kappa shape index (κ2) is 6.95. The van der Waals surface area contributed by atoms with Gasteiger partial charge in [-0.1, -0.05) is 41.6 Å². The molecule has 1 N–H and O–H groups in total. The van der Waals surface area contributed by atoms with E-state index in [4.69, 9.17) is 0 Å². The summed E-state index contributed by atoms with van der Waals surface area (Å²) in [5, 5.41) is 5.73. The first kappa shape index (κ1) is 17.6. The number of hydrogen-bond donors (Lipinski definition) is 1. The number of nitrogens with zero attached hydrogens (tertiary/aromatic N) is 2. The Morgan fingerprint density at radius 3 is 2.46 bits per heavy atom. The Morgan fingerprint density at radius 2 is 1.85 bits per heavy atom. The lowest BCUT2D eigenvalue weighted by Crippen LogP contribution is -2.23. The zero-order valence-corrected chi connectivity index (χ0v) is 13.0. The number of alkyl halides is 3. The fourth-order valence-electron chi connectivity index (χ4n) is 2.17. The van der Waals surface area contributed by atoms with Crippen molar-refractivity contribution in [1.82, 2.24) is 15.5 Å². The molecule has 1 heterocycles. The number of carbonyl (C=O) groups excluding carboxylic acids is 1. The fraction of sp³-hybridized carbons (Fsp3) is 0.118. The van der Waals surface area contributed by atoms with E-state index < -0.39 is 29.6 Å². The van der Waals surface area contributed by atoms with Gasteiger partial charge in [0.05, 0.1) is 5.56 Å². The van der Waals surface area contributed by atoms with Crippen molar-refractivity contribution >= 4 is 5.91 Å². The molecule has 0 unspecified atom stereocenters. The van der Waals surface area contributed by atoms with Crippen LogP contribution in [0.3, 0.4) is 0 Å². The van der Waals surface area contributed by atoms with Gasteiger partial charge >= 0.3 is 12.1 Å². The average Bonchev–Trinajstić information content (AvgIpc) is 3.11. The Bertz CT molecular complexity index is 923. The number of nitrogens with one attached hydrogen (secondary N) is 1. The van der Waals surface area contributed by atoms with Crippen molar-refractivity contribution in [3.63, 3.8) is 0 Å². The molecule has 0 radical (unpaired) electrons. The molecule has 0 aliphatic heterocycles. The van der Waals surface area contributed by atoms with Crippen LogP contribution in [0, 0.1) is 5.82 Å². The molecule has 1 aromatic heterocycles. The highest BCUT2D eigenvalue weighted by atomic mass is 19.4. The van der Waals surface area contributed by atoms with Crippen LogP contribution in [0.15, 0.2) is 53.1 Å². The van der Waals surface area contributed by atoms with Crippen molar-refractivity contribution in [3.8, 4) is 11.4 Å². The molecule has 0 saturated carbocycles. The van der Waals surface area contributed by atoms with Crippen LogP contribution in [-0.2, 0) is 12.7 Å². The quantitative estimate of drug-likeness (QED) is 0.714. The molecule has 0 saturated heterocycles. The van der Waals surface area contributed by atoms with Gasteiger partial charge in [0.2, 0.25) is 5.82 Å². The van der Waals surface area contributed by atoms with Gasteiger partial charge in [-0.2, -0.15) is 18.2 Å². The largest absolute Gasteiger partial charge is 0.471 e. The lowest BCUT2D eigenvalue weighted by atomic mass is 10.1. The molecule has 2 aromatic carbocycles. The van der Waals surface area contributed by atoms with Crippen LogP contribution in [0.2, 0.25) is 0 Å². The van der Waals surface area contributed by atoms with E-state index >= 15 is 0 Å². The summed E-state index contributed by atoms with van der Waals surface area (Å²) in [4.78, 5) is 15.2. The monoisotopic (exact) mass is 365 g/mol. The molecule has 0 aliphatic carbocycles. The highest BCUT2D eigenvalue weighted by Crippen LogP contribution is 2.29. The number of hydrogen-bond acceptors (Lipinski definition) is 4. The summed E-state index contributed by atoms with van der Waals surface area (Å²) in [5.41, 5.74) is 0.551. The Kier molecular flexibility index (Phi) is 4.70. The summed E-state index contributed by atoms with van der Waals surface area (Å²) in [5.74, 6) is -3.52. The van der Waals surface area contributed by atoms with Crippen LogP contribution in [0.1, 0.15) is 21.8 Å². The summed E-state index contributed by atoms with van der Waals surface area (Å²) in [7, 11) is 0. The summed E-state index contributed by atoms with van der Waals surface area (Å²) in [6.45, 7) is 0.209. The zero-order chi connectivity index (χ0) is 18.7. The minimum Gasteiger partial charge on any atom is -0.348 e. The van der Waals surface area contributed by atoms with E-state index in [2.05, 4.69) is 20.0 Å². The Hall–Kier alpha value is -3.23. The van der Waals surface area contributed by atoms with Crippen molar-refractivity contribution in [2.24, 2.45) is 0 Å². The van der Waals surface area contributed by atoms with Crippen LogP contribution in [0.25, 0.3) is 11.4 Å². The lowest BCUT2D eigenvalue weighted by Gasteiger charge is -2.07. The van der Waals surface area contributed by atoms with Crippen LogP contribution in [-0.4, -0.2) is 16.0 Å². The van der Waals surface area contributed by atoms with Gasteiger partial charge in [-0.05, 0) is 17.7 Å². The predicted molar refractivity (Wildman–Crippen MR) is 82.3 cm³/mol. The van der Waals surface area contributed by atoms with Gasteiger partial charge in [-0.25, -0.2) is 4.39 Å². The van der Waals surface area contributed by atoms with E-state index in [1.54, 1.807) is 24.3 Å². The third-order valence-corrected chi connectivity index (χ3v) is 3.44. The molecule has 5 nitrogen and oxygen atoms in total. The number of carbonyl (C=O) groups is 1. The SMILES string of the molecule is O=C(NCc1ccccc1)c1ccc(-c2noc(C(F)(F)F)n2)cc1F. The van der Waals surface area contributed by atoms with Gasteiger partial charge in [-0.15, -0.1) is 0 Å². The second-order valence-corrected chi connectivity index (χ2v) is 5.28. The number of benzene rings is 2. The number of halogens is 4. The smallest absolute Gasteiger partial charge is 0.348 e. The first-order valence-corrected chi connectivity index (χ1v) is 7.37. The maximum absolute atomic E-state index is 14.2. The number of aromatic nitrogens is 2. The average molecular weight is 365 g/mol. The molecule has 0 fully saturated rings. The minimum absolute atomic E-state index is 0.0404. The molecular weight excluding hydrogens is 354 g/mol. The normalized spacial score (nSPS) is 11.4. The van der Waals surface area contributed by atoms with E-state index in [0.29, 0.717) is 0 Å². The van der Waals surface area contributed by atoms with Crippen molar-refractivity contribution in [3.05, 3.63) is 71.4 Å². The van der Waals surface area contributed by atoms with Gasteiger partial charge in [0.25, 0.3) is 5.91 Å². The van der Waals surface area contributed by atoms with E-state index in [0.717, 1.165) is 17.7 Å². The molecule has 26 heavy (non-hydrogen) atoms. The third kappa shape index (κ3) is 3.88. The first-order chi connectivity index (χ1) is 12.3. The number of rotatable bonds is 4.